The number of carbonyl (C=O) groups is 1. The van der Waals surface area contributed by atoms with E-state index in [-0.39, 0.29) is 11.4 Å². The fourth-order valence-electron chi connectivity index (χ4n) is 3.15. The molecule has 0 atom stereocenters. The summed E-state index contributed by atoms with van der Waals surface area (Å²) in [5.74, 6) is -0.438. The van der Waals surface area contributed by atoms with Crippen molar-refractivity contribution in [2.45, 2.75) is 25.3 Å². The van der Waals surface area contributed by atoms with Crippen LogP contribution >= 0.6 is 0 Å². The number of hydrogen-bond donors (Lipinski definition) is 1. The van der Waals surface area contributed by atoms with Crippen LogP contribution in [0.5, 0.6) is 0 Å². The SMILES string of the molecule is COCc1cccc(NC(=O)CN(c2ccc(C)c(C)c2)S(=O)(=O)c2ccccc2)c1. The van der Waals surface area contributed by atoms with E-state index in [4.69, 9.17) is 4.74 Å². The average Bonchev–Trinajstić information content (AvgIpc) is 2.75. The van der Waals surface area contributed by atoms with Crippen molar-refractivity contribution in [1.82, 2.24) is 0 Å². The summed E-state index contributed by atoms with van der Waals surface area (Å²) in [6, 6.07) is 20.7. The van der Waals surface area contributed by atoms with Gasteiger partial charge in [-0.1, -0.05) is 36.4 Å². The molecular weight excluding hydrogens is 412 g/mol. The fraction of sp³-hybridized carbons (Fsp3) is 0.208. The van der Waals surface area contributed by atoms with E-state index < -0.39 is 15.9 Å². The summed E-state index contributed by atoms with van der Waals surface area (Å²) in [5, 5.41) is 2.79. The number of ether oxygens (including phenoxy) is 1. The highest BCUT2D eigenvalue weighted by Crippen LogP contribution is 2.26. The van der Waals surface area contributed by atoms with Gasteiger partial charge in [0.2, 0.25) is 5.91 Å². The van der Waals surface area contributed by atoms with Gasteiger partial charge in [0.05, 0.1) is 17.2 Å². The second kappa shape index (κ2) is 9.76. The molecule has 0 aliphatic heterocycles. The highest BCUT2D eigenvalue weighted by atomic mass is 32.2. The molecule has 6 nitrogen and oxygen atoms in total. The lowest BCUT2D eigenvalue weighted by Crippen LogP contribution is -2.38. The summed E-state index contributed by atoms with van der Waals surface area (Å²) in [6.45, 7) is 3.93. The summed E-state index contributed by atoms with van der Waals surface area (Å²) >= 11 is 0. The Labute approximate surface area is 183 Å². The number of sulfonamides is 1. The third-order valence-electron chi connectivity index (χ3n) is 4.92. The van der Waals surface area contributed by atoms with Crippen LogP contribution in [-0.2, 0) is 26.2 Å². The first-order valence-corrected chi connectivity index (χ1v) is 11.3. The minimum absolute atomic E-state index is 0.128. The molecule has 0 bridgehead atoms. The molecular formula is C24H26N2O4S. The standard InChI is InChI=1S/C24H26N2O4S/c1-18-12-13-22(14-19(18)2)26(31(28,29)23-10-5-4-6-11-23)16-24(27)25-21-9-7-8-20(15-21)17-30-3/h4-15H,16-17H2,1-3H3,(H,25,27). The smallest absolute Gasteiger partial charge is 0.264 e. The molecule has 0 spiro atoms. The van der Waals surface area contributed by atoms with Crippen molar-refractivity contribution in [1.29, 1.82) is 0 Å². The molecule has 162 valence electrons. The van der Waals surface area contributed by atoms with Crippen LogP contribution in [0.2, 0.25) is 0 Å². The Bertz CT molecular complexity index is 1160. The van der Waals surface area contributed by atoms with Crippen molar-refractivity contribution in [3.63, 3.8) is 0 Å². The molecule has 3 rings (SSSR count). The minimum Gasteiger partial charge on any atom is -0.380 e. The lowest BCUT2D eigenvalue weighted by atomic mass is 10.1. The van der Waals surface area contributed by atoms with Gasteiger partial charge in [0, 0.05) is 12.8 Å². The Morgan fingerprint density at radius 3 is 2.35 bits per heavy atom. The van der Waals surface area contributed by atoms with Crippen LogP contribution in [0.4, 0.5) is 11.4 Å². The van der Waals surface area contributed by atoms with Gasteiger partial charge < -0.3 is 10.1 Å². The molecule has 0 heterocycles. The number of hydrogen-bond acceptors (Lipinski definition) is 4. The van der Waals surface area contributed by atoms with E-state index in [0.29, 0.717) is 18.0 Å². The van der Waals surface area contributed by atoms with Crippen LogP contribution < -0.4 is 9.62 Å². The van der Waals surface area contributed by atoms with Gasteiger partial charge in [-0.3, -0.25) is 9.10 Å². The lowest BCUT2D eigenvalue weighted by molar-refractivity contribution is -0.114. The molecule has 3 aromatic rings. The zero-order valence-electron chi connectivity index (χ0n) is 17.8. The largest absolute Gasteiger partial charge is 0.380 e. The summed E-state index contributed by atoms with van der Waals surface area (Å²) in [7, 11) is -2.34. The Balaban J connectivity index is 1.92. The highest BCUT2D eigenvalue weighted by Gasteiger charge is 2.27. The molecule has 1 N–H and O–H groups in total. The summed E-state index contributed by atoms with van der Waals surface area (Å²) in [5.41, 5.74) is 3.91. The number of anilines is 2. The first-order valence-electron chi connectivity index (χ1n) is 9.84. The van der Waals surface area contributed by atoms with Crippen LogP contribution in [0, 0.1) is 13.8 Å². The Morgan fingerprint density at radius 1 is 0.935 bits per heavy atom. The lowest BCUT2D eigenvalue weighted by Gasteiger charge is -2.25. The second-order valence-electron chi connectivity index (χ2n) is 7.27. The molecule has 0 aliphatic carbocycles. The second-order valence-corrected chi connectivity index (χ2v) is 9.14. The maximum Gasteiger partial charge on any atom is 0.264 e. The van der Waals surface area contributed by atoms with Gasteiger partial charge in [-0.25, -0.2) is 8.42 Å². The fourth-order valence-corrected chi connectivity index (χ4v) is 4.59. The van der Waals surface area contributed by atoms with E-state index in [1.54, 1.807) is 49.6 Å². The molecule has 7 heteroatoms. The van der Waals surface area contributed by atoms with Gasteiger partial charge in [0.25, 0.3) is 10.0 Å². The van der Waals surface area contributed by atoms with Gasteiger partial charge in [0.1, 0.15) is 6.54 Å². The zero-order valence-corrected chi connectivity index (χ0v) is 18.6. The van der Waals surface area contributed by atoms with Crippen molar-refractivity contribution in [2.24, 2.45) is 0 Å². The molecule has 0 aromatic heterocycles. The van der Waals surface area contributed by atoms with Gasteiger partial charge in [-0.2, -0.15) is 0 Å². The van der Waals surface area contributed by atoms with Crippen molar-refractivity contribution < 1.29 is 17.9 Å². The number of nitrogens with one attached hydrogen (secondary N) is 1. The van der Waals surface area contributed by atoms with Crippen LogP contribution in [0.3, 0.4) is 0 Å². The third-order valence-corrected chi connectivity index (χ3v) is 6.71. The monoisotopic (exact) mass is 438 g/mol. The Kier molecular flexibility index (Phi) is 7.09. The van der Waals surface area contributed by atoms with Crippen LogP contribution in [0.1, 0.15) is 16.7 Å². The van der Waals surface area contributed by atoms with E-state index in [1.165, 1.54) is 12.1 Å². The molecule has 0 saturated heterocycles. The van der Waals surface area contributed by atoms with Crippen molar-refractivity contribution in [2.75, 3.05) is 23.3 Å². The highest BCUT2D eigenvalue weighted by molar-refractivity contribution is 7.92. The first-order chi connectivity index (χ1) is 14.8. The molecule has 0 radical (unpaired) electrons. The summed E-state index contributed by atoms with van der Waals surface area (Å²) < 4.78 is 33.0. The topological polar surface area (TPSA) is 75.7 Å². The molecule has 1 amide bonds. The van der Waals surface area contributed by atoms with Gasteiger partial charge in [0.15, 0.2) is 0 Å². The van der Waals surface area contributed by atoms with Crippen molar-refractivity contribution >= 4 is 27.3 Å². The third kappa shape index (κ3) is 5.51. The first kappa shape index (κ1) is 22.5. The van der Waals surface area contributed by atoms with Gasteiger partial charge >= 0.3 is 0 Å². The van der Waals surface area contributed by atoms with Gasteiger partial charge in [-0.15, -0.1) is 0 Å². The Hall–Kier alpha value is -3.16. The summed E-state index contributed by atoms with van der Waals surface area (Å²) in [4.78, 5) is 13.0. The van der Waals surface area contributed by atoms with Gasteiger partial charge in [-0.05, 0) is 66.9 Å². The van der Waals surface area contributed by atoms with E-state index in [9.17, 15) is 13.2 Å². The number of benzene rings is 3. The number of amides is 1. The van der Waals surface area contributed by atoms with E-state index in [2.05, 4.69) is 5.32 Å². The maximum atomic E-state index is 13.4. The summed E-state index contributed by atoms with van der Waals surface area (Å²) in [6.07, 6.45) is 0. The predicted molar refractivity (Wildman–Crippen MR) is 123 cm³/mol. The maximum absolute atomic E-state index is 13.4. The van der Waals surface area contributed by atoms with E-state index >= 15 is 0 Å². The quantitative estimate of drug-likeness (QED) is 0.569. The van der Waals surface area contributed by atoms with Crippen molar-refractivity contribution in [3.8, 4) is 0 Å². The number of carbonyl (C=O) groups excluding carboxylic acids is 1. The van der Waals surface area contributed by atoms with Crippen LogP contribution in [0.25, 0.3) is 0 Å². The van der Waals surface area contributed by atoms with E-state index in [1.807, 2.05) is 32.0 Å². The normalized spacial score (nSPS) is 11.2. The number of nitrogens with zero attached hydrogens (tertiary/aromatic N) is 1. The van der Waals surface area contributed by atoms with Crippen LogP contribution in [-0.4, -0.2) is 28.0 Å². The van der Waals surface area contributed by atoms with E-state index in [0.717, 1.165) is 21.0 Å². The number of methoxy groups -OCH3 is 1. The molecule has 0 saturated carbocycles. The number of aryl methyl sites for hydroxylation is 2. The number of rotatable bonds is 8. The molecule has 31 heavy (non-hydrogen) atoms. The molecule has 0 fully saturated rings. The predicted octanol–water partition coefficient (Wildman–Crippen LogP) is 4.28. The molecule has 3 aromatic carbocycles. The van der Waals surface area contributed by atoms with Crippen LogP contribution in [0.15, 0.2) is 77.7 Å². The Morgan fingerprint density at radius 2 is 1.68 bits per heavy atom. The minimum atomic E-state index is -3.94. The van der Waals surface area contributed by atoms with Crippen molar-refractivity contribution in [3.05, 3.63) is 89.5 Å². The zero-order chi connectivity index (χ0) is 22.4. The average molecular weight is 439 g/mol. The molecule has 0 unspecified atom stereocenters. The molecule has 0 aliphatic rings.